The fourth-order valence-corrected chi connectivity index (χ4v) is 2.19. The molecule has 7 nitrogen and oxygen atoms in total. The van der Waals surface area contributed by atoms with E-state index in [-0.39, 0.29) is 24.2 Å². The van der Waals surface area contributed by atoms with Crippen molar-refractivity contribution in [1.29, 1.82) is 0 Å². The van der Waals surface area contributed by atoms with Crippen LogP contribution in [0.3, 0.4) is 0 Å². The summed E-state index contributed by atoms with van der Waals surface area (Å²) in [5.74, 6) is -0.335. The number of nitrogens with one attached hydrogen (secondary N) is 2. The Morgan fingerprint density at radius 2 is 2.35 bits per heavy atom. The molecule has 0 aliphatic carbocycles. The van der Waals surface area contributed by atoms with Crippen LogP contribution in [0.5, 0.6) is 0 Å². The van der Waals surface area contributed by atoms with Crippen LogP contribution in [0.2, 0.25) is 5.02 Å². The molecular formula is C12H10ClN5O2. The van der Waals surface area contributed by atoms with Crippen LogP contribution in [-0.4, -0.2) is 26.6 Å². The molecule has 0 fully saturated rings. The first-order chi connectivity index (χ1) is 9.63. The Morgan fingerprint density at radius 1 is 1.50 bits per heavy atom. The number of fused-ring (bicyclic) bond motifs is 1. The smallest absolute Gasteiger partial charge is 0.249 e. The Morgan fingerprint density at radius 3 is 3.15 bits per heavy atom. The van der Waals surface area contributed by atoms with Crippen molar-refractivity contribution in [1.82, 2.24) is 14.8 Å². The zero-order valence-corrected chi connectivity index (χ0v) is 11.0. The number of carbonyl (C=O) groups is 2. The summed E-state index contributed by atoms with van der Waals surface area (Å²) in [6.07, 6.45) is 1.31. The maximum absolute atomic E-state index is 12.3. The van der Waals surface area contributed by atoms with Crippen molar-refractivity contribution in [3.05, 3.63) is 35.6 Å². The molecule has 0 spiro atoms. The second kappa shape index (κ2) is 4.93. The highest BCUT2D eigenvalue weighted by atomic mass is 35.5. The van der Waals surface area contributed by atoms with Gasteiger partial charge in [-0.05, 0) is 18.2 Å². The third kappa shape index (κ3) is 2.35. The first-order valence-corrected chi connectivity index (χ1v) is 6.27. The summed E-state index contributed by atoms with van der Waals surface area (Å²) in [7, 11) is 0. The highest BCUT2D eigenvalue weighted by molar-refractivity contribution is 6.30. The summed E-state index contributed by atoms with van der Waals surface area (Å²) < 4.78 is 1.39. The number of halogens is 1. The second-order valence-corrected chi connectivity index (χ2v) is 4.73. The molecule has 0 bridgehead atoms. The molecule has 1 aromatic carbocycles. The van der Waals surface area contributed by atoms with Gasteiger partial charge in [-0.15, -0.1) is 0 Å². The van der Waals surface area contributed by atoms with Crippen LogP contribution in [0.25, 0.3) is 0 Å². The third-order valence-electron chi connectivity index (χ3n) is 2.89. The molecule has 2 aromatic rings. The number of benzene rings is 1. The Hall–Kier alpha value is -2.41. The van der Waals surface area contributed by atoms with Crippen molar-refractivity contribution >= 4 is 35.1 Å². The molecule has 0 unspecified atom stereocenters. The van der Waals surface area contributed by atoms with Crippen molar-refractivity contribution in [3.63, 3.8) is 0 Å². The van der Waals surface area contributed by atoms with Gasteiger partial charge in [-0.2, -0.15) is 10.1 Å². The van der Waals surface area contributed by atoms with E-state index in [0.29, 0.717) is 10.7 Å². The Bertz CT molecular complexity index is 684. The van der Waals surface area contributed by atoms with Gasteiger partial charge in [-0.25, -0.2) is 4.68 Å². The Labute approximate surface area is 118 Å². The van der Waals surface area contributed by atoms with Crippen LogP contribution in [0, 0.1) is 0 Å². The topological polar surface area (TPSA) is 88.9 Å². The van der Waals surface area contributed by atoms with E-state index in [1.54, 1.807) is 24.3 Å². The molecule has 0 saturated heterocycles. The number of amides is 2. The number of rotatable bonds is 2. The number of hydrogen-bond acceptors (Lipinski definition) is 4. The van der Waals surface area contributed by atoms with Gasteiger partial charge in [0.05, 0.1) is 6.42 Å². The number of aromatic nitrogens is 3. The number of anilines is 2. The van der Waals surface area contributed by atoms with Crippen LogP contribution in [0.1, 0.15) is 12.5 Å². The van der Waals surface area contributed by atoms with Crippen LogP contribution in [0.15, 0.2) is 30.6 Å². The zero-order chi connectivity index (χ0) is 14.1. The van der Waals surface area contributed by atoms with Crippen molar-refractivity contribution in [3.8, 4) is 0 Å². The van der Waals surface area contributed by atoms with Crippen molar-refractivity contribution in [2.24, 2.45) is 0 Å². The highest BCUT2D eigenvalue weighted by Gasteiger charge is 2.31. The average molecular weight is 292 g/mol. The molecule has 8 heteroatoms. The van der Waals surface area contributed by atoms with Crippen LogP contribution in [0.4, 0.5) is 11.6 Å². The van der Waals surface area contributed by atoms with Gasteiger partial charge in [-0.3, -0.25) is 14.9 Å². The molecular weight excluding hydrogens is 282 g/mol. The third-order valence-corrected chi connectivity index (χ3v) is 3.13. The molecule has 102 valence electrons. The van der Waals surface area contributed by atoms with Gasteiger partial charge in [0.15, 0.2) is 0 Å². The zero-order valence-electron chi connectivity index (χ0n) is 10.2. The lowest BCUT2D eigenvalue weighted by Gasteiger charge is -2.22. The van der Waals surface area contributed by atoms with Gasteiger partial charge in [0.2, 0.25) is 17.8 Å². The SMILES string of the molecule is O=C1C[C@H](C(=O)Nc2cccc(Cl)c2)n2ncnc2N1. The lowest BCUT2D eigenvalue weighted by atomic mass is 10.1. The predicted molar refractivity (Wildman–Crippen MR) is 72.4 cm³/mol. The van der Waals surface area contributed by atoms with Crippen LogP contribution < -0.4 is 10.6 Å². The minimum atomic E-state index is -0.722. The summed E-state index contributed by atoms with van der Waals surface area (Å²) in [6, 6.07) is 6.06. The summed E-state index contributed by atoms with van der Waals surface area (Å²) in [5.41, 5.74) is 0.565. The van der Waals surface area contributed by atoms with E-state index in [1.807, 2.05) is 0 Å². The van der Waals surface area contributed by atoms with Gasteiger partial charge in [-0.1, -0.05) is 17.7 Å². The maximum atomic E-state index is 12.3. The highest BCUT2D eigenvalue weighted by Crippen LogP contribution is 2.23. The minimum absolute atomic E-state index is 0.0166. The summed E-state index contributed by atoms with van der Waals surface area (Å²) in [4.78, 5) is 27.7. The second-order valence-electron chi connectivity index (χ2n) is 4.30. The van der Waals surface area contributed by atoms with Crippen molar-refractivity contribution in [2.75, 3.05) is 10.6 Å². The van der Waals surface area contributed by atoms with E-state index in [9.17, 15) is 9.59 Å². The Balaban J connectivity index is 1.83. The van der Waals surface area contributed by atoms with E-state index in [2.05, 4.69) is 20.7 Å². The quantitative estimate of drug-likeness (QED) is 0.876. The van der Waals surface area contributed by atoms with E-state index in [4.69, 9.17) is 11.6 Å². The number of carbonyl (C=O) groups excluding carboxylic acids is 2. The van der Waals surface area contributed by atoms with E-state index in [1.165, 1.54) is 11.0 Å². The fourth-order valence-electron chi connectivity index (χ4n) is 2.00. The van der Waals surface area contributed by atoms with E-state index >= 15 is 0 Å². The van der Waals surface area contributed by atoms with E-state index in [0.717, 1.165) is 0 Å². The summed E-state index contributed by atoms with van der Waals surface area (Å²) >= 11 is 5.86. The molecule has 2 amide bonds. The first-order valence-electron chi connectivity index (χ1n) is 5.89. The molecule has 2 heterocycles. The molecule has 2 N–H and O–H groups in total. The maximum Gasteiger partial charge on any atom is 0.249 e. The monoisotopic (exact) mass is 291 g/mol. The molecule has 20 heavy (non-hydrogen) atoms. The number of hydrogen-bond donors (Lipinski definition) is 2. The summed E-state index contributed by atoms with van der Waals surface area (Å²) in [5, 5.41) is 9.73. The molecule has 0 saturated carbocycles. The molecule has 1 aliphatic rings. The largest absolute Gasteiger partial charge is 0.324 e. The van der Waals surface area contributed by atoms with Gasteiger partial charge in [0.1, 0.15) is 12.4 Å². The molecule has 1 aliphatic heterocycles. The predicted octanol–water partition coefficient (Wildman–Crippen LogP) is 1.45. The lowest BCUT2D eigenvalue weighted by molar-refractivity contribution is -0.125. The first kappa shape index (κ1) is 12.6. The van der Waals surface area contributed by atoms with Gasteiger partial charge in [0.25, 0.3) is 0 Å². The number of nitrogens with zero attached hydrogens (tertiary/aromatic N) is 3. The van der Waals surface area contributed by atoms with Crippen LogP contribution >= 0.6 is 11.6 Å². The molecule has 1 aromatic heterocycles. The standard InChI is InChI=1S/C12H10ClN5O2/c13-7-2-1-3-8(4-7)16-11(20)9-5-10(19)17-12-14-6-15-18(9)12/h1-4,6,9H,5H2,(H,16,20)(H,14,15,17,19)/t9-/m1/s1. The minimum Gasteiger partial charge on any atom is -0.324 e. The summed E-state index contributed by atoms with van der Waals surface area (Å²) in [6.45, 7) is 0. The van der Waals surface area contributed by atoms with Gasteiger partial charge in [0, 0.05) is 10.7 Å². The molecule has 1 atom stereocenters. The van der Waals surface area contributed by atoms with Gasteiger partial charge < -0.3 is 5.32 Å². The average Bonchev–Trinajstić information content (AvgIpc) is 2.85. The lowest BCUT2D eigenvalue weighted by Crippen LogP contribution is -2.35. The van der Waals surface area contributed by atoms with Crippen molar-refractivity contribution < 1.29 is 9.59 Å². The van der Waals surface area contributed by atoms with E-state index < -0.39 is 6.04 Å². The molecule has 3 rings (SSSR count). The van der Waals surface area contributed by atoms with Crippen LogP contribution in [-0.2, 0) is 9.59 Å². The fraction of sp³-hybridized carbons (Fsp3) is 0.167. The van der Waals surface area contributed by atoms with Gasteiger partial charge >= 0.3 is 0 Å². The normalized spacial score (nSPS) is 17.2. The van der Waals surface area contributed by atoms with Crippen molar-refractivity contribution in [2.45, 2.75) is 12.5 Å². The Kier molecular flexibility index (Phi) is 3.11. The molecule has 0 radical (unpaired) electrons.